The van der Waals surface area contributed by atoms with Gasteiger partial charge in [-0.2, -0.15) is 0 Å². The second-order valence-corrected chi connectivity index (χ2v) is 5.43. The molecule has 1 N–H and O–H groups in total. The van der Waals surface area contributed by atoms with Crippen molar-refractivity contribution in [3.63, 3.8) is 0 Å². The molecule has 0 saturated heterocycles. The summed E-state index contributed by atoms with van der Waals surface area (Å²) < 4.78 is 33.0. The Balaban J connectivity index is 2.06. The van der Waals surface area contributed by atoms with Gasteiger partial charge < -0.3 is 10.1 Å². The third kappa shape index (κ3) is 4.77. The summed E-state index contributed by atoms with van der Waals surface area (Å²) in [5, 5.41) is 3.05. The van der Waals surface area contributed by atoms with E-state index >= 15 is 0 Å². The number of nitrogens with one attached hydrogen (secondary N) is 1. The van der Waals surface area contributed by atoms with Gasteiger partial charge in [0.15, 0.2) is 0 Å². The SMILES string of the molecule is COCCNCc1cc(F)c(Sc2ccncc2)c(F)c1. The van der Waals surface area contributed by atoms with Crippen LogP contribution in [0.25, 0.3) is 0 Å². The van der Waals surface area contributed by atoms with E-state index in [0.717, 1.165) is 16.7 Å². The maximum Gasteiger partial charge on any atom is 0.140 e. The minimum absolute atomic E-state index is 0.00171. The monoisotopic (exact) mass is 310 g/mol. The van der Waals surface area contributed by atoms with Crippen LogP contribution in [0.15, 0.2) is 46.5 Å². The Hall–Kier alpha value is -1.50. The number of hydrogen-bond donors (Lipinski definition) is 1. The fraction of sp³-hybridized carbons (Fsp3) is 0.267. The fourth-order valence-corrected chi connectivity index (χ4v) is 2.55. The lowest BCUT2D eigenvalue weighted by Crippen LogP contribution is -2.18. The van der Waals surface area contributed by atoms with Gasteiger partial charge in [-0.05, 0) is 29.8 Å². The predicted molar refractivity (Wildman–Crippen MR) is 78.3 cm³/mol. The molecule has 0 saturated carbocycles. The van der Waals surface area contributed by atoms with E-state index in [1.165, 1.54) is 12.1 Å². The van der Waals surface area contributed by atoms with Crippen LogP contribution in [0.1, 0.15) is 5.56 Å². The zero-order chi connectivity index (χ0) is 15.1. The van der Waals surface area contributed by atoms with E-state index in [9.17, 15) is 8.78 Å². The normalized spacial score (nSPS) is 10.8. The molecule has 0 unspecified atom stereocenters. The molecule has 2 rings (SSSR count). The molecule has 112 valence electrons. The van der Waals surface area contributed by atoms with Gasteiger partial charge in [-0.25, -0.2) is 8.78 Å². The smallest absolute Gasteiger partial charge is 0.140 e. The van der Waals surface area contributed by atoms with Crippen molar-refractivity contribution in [3.05, 3.63) is 53.9 Å². The molecule has 0 atom stereocenters. The van der Waals surface area contributed by atoms with Crippen LogP contribution in [0, 0.1) is 11.6 Å². The van der Waals surface area contributed by atoms with Gasteiger partial charge in [0.05, 0.1) is 11.5 Å². The number of nitrogens with zero attached hydrogens (tertiary/aromatic N) is 1. The first kappa shape index (κ1) is 15.9. The van der Waals surface area contributed by atoms with Crippen LogP contribution in [-0.2, 0) is 11.3 Å². The minimum Gasteiger partial charge on any atom is -0.383 e. The molecule has 1 aromatic carbocycles. The number of pyridine rings is 1. The van der Waals surface area contributed by atoms with Gasteiger partial charge in [0.1, 0.15) is 11.6 Å². The summed E-state index contributed by atoms with van der Waals surface area (Å²) in [5.41, 5.74) is 0.570. The Morgan fingerprint density at radius 2 is 1.86 bits per heavy atom. The zero-order valence-electron chi connectivity index (χ0n) is 11.6. The van der Waals surface area contributed by atoms with E-state index in [1.807, 2.05) is 0 Å². The third-order valence-corrected chi connectivity index (χ3v) is 3.84. The molecule has 0 fully saturated rings. The van der Waals surface area contributed by atoms with Crippen LogP contribution < -0.4 is 5.32 Å². The number of rotatable bonds is 7. The first-order valence-electron chi connectivity index (χ1n) is 6.46. The first-order chi connectivity index (χ1) is 10.2. The Bertz CT molecular complexity index is 558. The van der Waals surface area contributed by atoms with E-state index in [0.29, 0.717) is 25.3 Å². The van der Waals surface area contributed by atoms with E-state index in [4.69, 9.17) is 4.74 Å². The topological polar surface area (TPSA) is 34.1 Å². The zero-order valence-corrected chi connectivity index (χ0v) is 12.4. The van der Waals surface area contributed by atoms with E-state index in [2.05, 4.69) is 10.3 Å². The van der Waals surface area contributed by atoms with Crippen LogP contribution in [0.5, 0.6) is 0 Å². The molecule has 0 spiro atoms. The van der Waals surface area contributed by atoms with E-state index < -0.39 is 11.6 Å². The predicted octanol–water partition coefficient (Wildman–Crippen LogP) is 3.25. The average Bonchev–Trinajstić information content (AvgIpc) is 2.48. The molecule has 0 aliphatic rings. The number of ether oxygens (including phenoxy) is 1. The van der Waals surface area contributed by atoms with Crippen molar-refractivity contribution in [2.75, 3.05) is 20.3 Å². The molecule has 0 aliphatic carbocycles. The highest BCUT2D eigenvalue weighted by Gasteiger charge is 2.12. The lowest BCUT2D eigenvalue weighted by molar-refractivity contribution is 0.199. The van der Waals surface area contributed by atoms with E-state index in [1.54, 1.807) is 31.6 Å². The van der Waals surface area contributed by atoms with Crippen LogP contribution in [0.2, 0.25) is 0 Å². The molecule has 0 aliphatic heterocycles. The van der Waals surface area contributed by atoms with Gasteiger partial charge >= 0.3 is 0 Å². The Morgan fingerprint density at radius 3 is 2.48 bits per heavy atom. The van der Waals surface area contributed by atoms with Gasteiger partial charge in [0.25, 0.3) is 0 Å². The van der Waals surface area contributed by atoms with Crippen molar-refractivity contribution in [2.45, 2.75) is 16.3 Å². The number of benzene rings is 1. The van der Waals surface area contributed by atoms with Crippen LogP contribution >= 0.6 is 11.8 Å². The van der Waals surface area contributed by atoms with Crippen LogP contribution in [0.3, 0.4) is 0 Å². The third-order valence-electron chi connectivity index (χ3n) is 2.74. The molecule has 21 heavy (non-hydrogen) atoms. The highest BCUT2D eigenvalue weighted by Crippen LogP contribution is 2.32. The summed E-state index contributed by atoms with van der Waals surface area (Å²) in [6.45, 7) is 1.59. The van der Waals surface area contributed by atoms with Gasteiger partial charge in [0, 0.05) is 37.5 Å². The van der Waals surface area contributed by atoms with Crippen molar-refractivity contribution >= 4 is 11.8 Å². The summed E-state index contributed by atoms with van der Waals surface area (Å²) >= 11 is 1.05. The van der Waals surface area contributed by atoms with Gasteiger partial charge in [-0.15, -0.1) is 0 Å². The first-order valence-corrected chi connectivity index (χ1v) is 7.28. The van der Waals surface area contributed by atoms with Gasteiger partial charge in [-0.1, -0.05) is 11.8 Å². The molecule has 3 nitrogen and oxygen atoms in total. The van der Waals surface area contributed by atoms with Crippen molar-refractivity contribution in [1.29, 1.82) is 0 Å². The number of hydrogen-bond acceptors (Lipinski definition) is 4. The molecule has 2 aromatic rings. The van der Waals surface area contributed by atoms with E-state index in [-0.39, 0.29) is 4.90 Å². The molecular weight excluding hydrogens is 294 g/mol. The molecule has 0 radical (unpaired) electrons. The van der Waals surface area contributed by atoms with Crippen LogP contribution in [-0.4, -0.2) is 25.2 Å². The molecule has 1 heterocycles. The lowest BCUT2D eigenvalue weighted by atomic mass is 10.2. The molecule has 0 bridgehead atoms. The molecular formula is C15H16F2N2OS. The van der Waals surface area contributed by atoms with Crippen molar-refractivity contribution in [2.24, 2.45) is 0 Å². The fourth-order valence-electron chi connectivity index (χ4n) is 1.74. The average molecular weight is 310 g/mol. The standard InChI is InChI=1S/C15H16F2N2OS/c1-20-7-6-19-10-11-8-13(16)15(14(17)9-11)21-12-2-4-18-5-3-12/h2-5,8-9,19H,6-7,10H2,1H3. The summed E-state index contributed by atoms with van der Waals surface area (Å²) in [6, 6.07) is 6.13. The molecule has 0 amide bonds. The lowest BCUT2D eigenvalue weighted by Gasteiger charge is -2.09. The second-order valence-electron chi connectivity index (χ2n) is 4.34. The number of halogens is 2. The summed E-state index contributed by atoms with van der Waals surface area (Å²) in [6.07, 6.45) is 3.18. The van der Waals surface area contributed by atoms with Crippen LogP contribution in [0.4, 0.5) is 8.78 Å². The van der Waals surface area contributed by atoms with Gasteiger partial charge in [-0.3, -0.25) is 4.98 Å². The molecule has 1 aromatic heterocycles. The Labute approximate surface area is 126 Å². The summed E-state index contributed by atoms with van der Waals surface area (Å²) in [7, 11) is 1.60. The highest BCUT2D eigenvalue weighted by atomic mass is 32.2. The Morgan fingerprint density at radius 1 is 1.19 bits per heavy atom. The quantitative estimate of drug-likeness (QED) is 0.796. The van der Waals surface area contributed by atoms with Crippen molar-refractivity contribution in [1.82, 2.24) is 10.3 Å². The van der Waals surface area contributed by atoms with Crippen molar-refractivity contribution < 1.29 is 13.5 Å². The highest BCUT2D eigenvalue weighted by molar-refractivity contribution is 7.99. The summed E-state index contributed by atoms with van der Waals surface area (Å²) in [4.78, 5) is 4.62. The largest absolute Gasteiger partial charge is 0.383 e. The maximum atomic E-state index is 14.0. The van der Waals surface area contributed by atoms with Gasteiger partial charge in [0.2, 0.25) is 0 Å². The summed E-state index contributed by atoms with van der Waals surface area (Å²) in [5.74, 6) is -1.11. The second kappa shape index (κ2) is 8.07. The number of aromatic nitrogens is 1. The minimum atomic E-state index is -0.555. The number of methoxy groups -OCH3 is 1. The molecule has 6 heteroatoms. The maximum absolute atomic E-state index is 14.0. The Kier molecular flexibility index (Phi) is 6.10. The van der Waals surface area contributed by atoms with Crippen molar-refractivity contribution in [3.8, 4) is 0 Å².